The van der Waals surface area contributed by atoms with Gasteiger partial charge in [-0.2, -0.15) is 0 Å². The van der Waals surface area contributed by atoms with E-state index in [0.29, 0.717) is 10.8 Å². The average Bonchev–Trinajstić information content (AvgIpc) is 2.99. The molecular formula is C27H46O. The molecule has 0 spiro atoms. The molecule has 160 valence electrons. The van der Waals surface area contributed by atoms with Crippen LogP contribution in [0.1, 0.15) is 98.8 Å². The van der Waals surface area contributed by atoms with Crippen LogP contribution in [0.3, 0.4) is 0 Å². The van der Waals surface area contributed by atoms with Gasteiger partial charge in [-0.25, -0.2) is 0 Å². The third-order valence-electron chi connectivity index (χ3n) is 10.4. The lowest BCUT2D eigenvalue weighted by Crippen LogP contribution is -2.54. The van der Waals surface area contributed by atoms with Gasteiger partial charge in [0.1, 0.15) is 0 Å². The molecule has 0 radical (unpaired) electrons. The molecule has 1 N–H and O–H groups in total. The highest BCUT2D eigenvalue weighted by Gasteiger charge is 2.60. The zero-order valence-corrected chi connectivity index (χ0v) is 19.3. The molecule has 0 aromatic carbocycles. The lowest BCUT2D eigenvalue weighted by molar-refractivity contribution is -0.128. The minimum Gasteiger partial charge on any atom is -0.393 e. The number of rotatable bonds is 4. The first-order valence-corrected chi connectivity index (χ1v) is 12.6. The van der Waals surface area contributed by atoms with Gasteiger partial charge in [-0.05, 0) is 116 Å². The summed E-state index contributed by atoms with van der Waals surface area (Å²) in [6.45, 7) is 12.4. The van der Waals surface area contributed by atoms with E-state index >= 15 is 0 Å². The second kappa shape index (κ2) is 7.75. The molecule has 0 aromatic heterocycles. The van der Waals surface area contributed by atoms with Crippen LogP contribution in [0.15, 0.2) is 12.2 Å². The Balaban J connectivity index is 1.50. The fourth-order valence-electron chi connectivity index (χ4n) is 8.84. The van der Waals surface area contributed by atoms with Crippen LogP contribution in [0.2, 0.25) is 0 Å². The second-order valence-corrected chi connectivity index (χ2v) is 12.2. The van der Waals surface area contributed by atoms with E-state index in [1.54, 1.807) is 0 Å². The van der Waals surface area contributed by atoms with E-state index in [-0.39, 0.29) is 6.10 Å². The third-order valence-corrected chi connectivity index (χ3v) is 10.4. The minimum atomic E-state index is -0.0159. The molecule has 9 atom stereocenters. The van der Waals surface area contributed by atoms with Crippen molar-refractivity contribution in [3.05, 3.63) is 12.2 Å². The van der Waals surface area contributed by atoms with Crippen molar-refractivity contribution in [3.8, 4) is 0 Å². The van der Waals surface area contributed by atoms with E-state index in [4.69, 9.17) is 0 Å². The van der Waals surface area contributed by atoms with Gasteiger partial charge in [0, 0.05) is 0 Å². The van der Waals surface area contributed by atoms with Crippen LogP contribution in [-0.2, 0) is 0 Å². The van der Waals surface area contributed by atoms with E-state index < -0.39 is 0 Å². The number of aliphatic hydroxyl groups excluding tert-OH is 1. The maximum Gasteiger partial charge on any atom is 0.0543 e. The maximum atomic E-state index is 10.2. The molecular weight excluding hydrogens is 340 g/mol. The average molecular weight is 387 g/mol. The predicted molar refractivity (Wildman–Crippen MR) is 119 cm³/mol. The summed E-state index contributed by atoms with van der Waals surface area (Å²) in [5.41, 5.74) is 1.09. The first-order chi connectivity index (χ1) is 13.3. The Kier molecular flexibility index (Phi) is 5.80. The van der Waals surface area contributed by atoms with Gasteiger partial charge in [0.25, 0.3) is 0 Å². The van der Waals surface area contributed by atoms with Crippen LogP contribution in [0.25, 0.3) is 0 Å². The van der Waals surface area contributed by atoms with E-state index in [9.17, 15) is 5.11 Å². The molecule has 0 unspecified atom stereocenters. The molecule has 4 aliphatic carbocycles. The summed E-state index contributed by atoms with van der Waals surface area (Å²) in [4.78, 5) is 0. The van der Waals surface area contributed by atoms with E-state index in [2.05, 4.69) is 46.8 Å². The van der Waals surface area contributed by atoms with Gasteiger partial charge in [-0.15, -0.1) is 0 Å². The van der Waals surface area contributed by atoms with Gasteiger partial charge in [-0.3, -0.25) is 0 Å². The Morgan fingerprint density at radius 3 is 2.36 bits per heavy atom. The topological polar surface area (TPSA) is 20.2 Å². The molecule has 4 saturated carbocycles. The van der Waals surface area contributed by atoms with Crippen molar-refractivity contribution in [3.63, 3.8) is 0 Å². The van der Waals surface area contributed by atoms with Gasteiger partial charge in [0.2, 0.25) is 0 Å². The molecule has 0 bridgehead atoms. The third kappa shape index (κ3) is 3.42. The molecule has 4 aliphatic rings. The van der Waals surface area contributed by atoms with Crippen LogP contribution in [0, 0.1) is 52.3 Å². The summed E-state index contributed by atoms with van der Waals surface area (Å²) in [6, 6.07) is 0. The Morgan fingerprint density at radius 2 is 1.61 bits per heavy atom. The van der Waals surface area contributed by atoms with Crippen molar-refractivity contribution < 1.29 is 5.11 Å². The van der Waals surface area contributed by atoms with Gasteiger partial charge in [0.05, 0.1) is 6.10 Å². The van der Waals surface area contributed by atoms with E-state index in [1.807, 2.05) is 0 Å². The largest absolute Gasteiger partial charge is 0.393 e. The summed E-state index contributed by atoms with van der Waals surface area (Å²) in [5, 5.41) is 10.2. The highest BCUT2D eigenvalue weighted by atomic mass is 16.3. The van der Waals surface area contributed by atoms with Gasteiger partial charge in [0.15, 0.2) is 0 Å². The van der Waals surface area contributed by atoms with Crippen molar-refractivity contribution >= 4 is 0 Å². The van der Waals surface area contributed by atoms with Gasteiger partial charge >= 0.3 is 0 Å². The summed E-state index contributed by atoms with van der Waals surface area (Å²) < 4.78 is 0. The molecule has 0 aromatic rings. The summed E-state index contributed by atoms with van der Waals surface area (Å²) in [5.74, 6) is 6.05. The fraction of sp³-hybridized carbons (Fsp3) is 0.926. The van der Waals surface area contributed by atoms with Gasteiger partial charge in [-0.1, -0.05) is 46.8 Å². The van der Waals surface area contributed by atoms with Crippen LogP contribution in [-0.4, -0.2) is 11.2 Å². The number of fused-ring (bicyclic) bond motifs is 5. The molecule has 1 heteroatoms. The Morgan fingerprint density at radius 1 is 0.893 bits per heavy atom. The predicted octanol–water partition coefficient (Wildman–Crippen LogP) is 7.24. The molecule has 1 nitrogen and oxygen atoms in total. The van der Waals surface area contributed by atoms with Crippen molar-refractivity contribution in [2.45, 2.75) is 105 Å². The molecule has 0 amide bonds. The van der Waals surface area contributed by atoms with Crippen molar-refractivity contribution in [2.24, 2.45) is 52.3 Å². The first kappa shape index (κ1) is 21.0. The zero-order valence-electron chi connectivity index (χ0n) is 19.3. The highest BCUT2D eigenvalue weighted by molar-refractivity contribution is 5.11. The smallest absolute Gasteiger partial charge is 0.0543 e. The van der Waals surface area contributed by atoms with Crippen molar-refractivity contribution in [2.75, 3.05) is 0 Å². The van der Waals surface area contributed by atoms with E-state index in [1.165, 1.54) is 51.4 Å². The first-order valence-electron chi connectivity index (χ1n) is 12.6. The Hall–Kier alpha value is -0.300. The minimum absolute atomic E-state index is 0.0159. The van der Waals surface area contributed by atoms with Crippen LogP contribution < -0.4 is 0 Å². The molecule has 0 saturated heterocycles. The van der Waals surface area contributed by atoms with Crippen LogP contribution in [0.4, 0.5) is 0 Å². The molecule has 28 heavy (non-hydrogen) atoms. The summed E-state index contributed by atoms with van der Waals surface area (Å²) in [7, 11) is 0. The Labute approximate surface area is 174 Å². The summed E-state index contributed by atoms with van der Waals surface area (Å²) in [6.07, 6.45) is 18.3. The van der Waals surface area contributed by atoms with Crippen molar-refractivity contribution in [1.29, 1.82) is 0 Å². The number of hydrogen-bond acceptors (Lipinski definition) is 1. The quantitative estimate of drug-likeness (QED) is 0.505. The lowest BCUT2D eigenvalue weighted by Gasteiger charge is -2.61. The fourth-order valence-corrected chi connectivity index (χ4v) is 8.84. The van der Waals surface area contributed by atoms with E-state index in [0.717, 1.165) is 54.3 Å². The summed E-state index contributed by atoms with van der Waals surface area (Å²) >= 11 is 0. The molecule has 0 heterocycles. The van der Waals surface area contributed by atoms with Crippen LogP contribution in [0.5, 0.6) is 0 Å². The molecule has 0 aliphatic heterocycles. The number of allylic oxidation sites excluding steroid dienone is 2. The van der Waals surface area contributed by atoms with Gasteiger partial charge < -0.3 is 5.11 Å². The Bertz CT molecular complexity index is 579. The normalized spacial score (nSPS) is 49.7. The lowest BCUT2D eigenvalue weighted by atomic mass is 9.44. The number of hydrogen-bond donors (Lipinski definition) is 1. The SMILES string of the molecule is CC(C)C/C=C/[C@@H](C)[C@H]1CC[C@H]2[C@@H]3CC[C@H]4C[C@@H](O)CC[C@]4(C)[C@@H]3CC[C@]12C. The zero-order chi connectivity index (χ0) is 20.1. The highest BCUT2D eigenvalue weighted by Crippen LogP contribution is 2.68. The second-order valence-electron chi connectivity index (χ2n) is 12.2. The molecule has 4 fully saturated rings. The standard InChI is InChI=1S/C27H46O/c1-18(2)7-6-8-19(3)23-11-12-24-22-10-9-20-17-21(28)13-15-26(20,4)25(22)14-16-27(23,24)5/h6,8,18-25,28H,7,9-17H2,1-5H3/b8-6+/t19-,20+,21+,22+,23-,24+,25-,26+,27-/m1/s1. The monoisotopic (exact) mass is 386 g/mol. The molecule has 4 rings (SSSR count). The maximum absolute atomic E-state index is 10.2. The van der Waals surface area contributed by atoms with Crippen molar-refractivity contribution in [1.82, 2.24) is 0 Å². The number of aliphatic hydroxyl groups is 1. The van der Waals surface area contributed by atoms with Crippen LogP contribution >= 0.6 is 0 Å².